The summed E-state index contributed by atoms with van der Waals surface area (Å²) in [4.78, 5) is 0. The third kappa shape index (κ3) is 4.53. The number of halogens is 1. The van der Waals surface area contributed by atoms with Gasteiger partial charge in [-0.25, -0.2) is 4.39 Å². The van der Waals surface area contributed by atoms with E-state index in [2.05, 4.69) is 0 Å². The lowest BCUT2D eigenvalue weighted by Crippen LogP contribution is -2.08. The van der Waals surface area contributed by atoms with Crippen molar-refractivity contribution in [3.05, 3.63) is 30.1 Å². The molecule has 0 saturated carbocycles. The van der Waals surface area contributed by atoms with E-state index in [4.69, 9.17) is 9.84 Å². The number of para-hydroxylation sites is 1. The van der Waals surface area contributed by atoms with Gasteiger partial charge in [0.1, 0.15) is 0 Å². The van der Waals surface area contributed by atoms with Gasteiger partial charge in [-0.15, -0.1) is 0 Å². The van der Waals surface area contributed by atoms with Crippen LogP contribution in [0.4, 0.5) is 4.39 Å². The fourth-order valence-electron chi connectivity index (χ4n) is 1.02. The first-order valence-electron chi connectivity index (χ1n) is 4.84. The van der Waals surface area contributed by atoms with Crippen molar-refractivity contribution < 1.29 is 14.2 Å². The van der Waals surface area contributed by atoms with Gasteiger partial charge in [0, 0.05) is 11.0 Å². The first-order valence-corrected chi connectivity index (χ1v) is 5.88. The van der Waals surface area contributed by atoms with Crippen LogP contribution in [0.2, 0.25) is 0 Å². The molecular formula is C11H15FO2S. The Kier molecular flexibility index (Phi) is 5.50. The highest BCUT2D eigenvalue weighted by molar-refractivity contribution is 7.99. The molecule has 0 spiro atoms. The van der Waals surface area contributed by atoms with Crippen molar-refractivity contribution in [2.75, 3.05) is 19.0 Å². The number of rotatable bonds is 6. The van der Waals surface area contributed by atoms with Gasteiger partial charge in [-0.05, 0) is 12.1 Å². The first kappa shape index (κ1) is 12.3. The number of hydrogen-bond acceptors (Lipinski definition) is 3. The van der Waals surface area contributed by atoms with Gasteiger partial charge < -0.3 is 9.84 Å². The third-order valence-electron chi connectivity index (χ3n) is 1.84. The van der Waals surface area contributed by atoms with Gasteiger partial charge in [0.25, 0.3) is 0 Å². The standard InChI is InChI=1S/C11H15FO2S/c1-9(8-13)15-7-6-14-11-5-3-2-4-10(11)12/h2-5,9,13H,6-8H2,1H3. The van der Waals surface area contributed by atoms with E-state index in [1.807, 2.05) is 6.92 Å². The molecule has 4 heteroatoms. The lowest BCUT2D eigenvalue weighted by atomic mass is 10.3. The Bertz CT molecular complexity index is 294. The summed E-state index contributed by atoms with van der Waals surface area (Å²) in [5.41, 5.74) is 0. The average molecular weight is 230 g/mol. The number of aliphatic hydroxyl groups is 1. The highest BCUT2D eigenvalue weighted by Gasteiger charge is 2.02. The number of hydrogen-bond donors (Lipinski definition) is 1. The van der Waals surface area contributed by atoms with Crippen LogP contribution in [-0.2, 0) is 0 Å². The summed E-state index contributed by atoms with van der Waals surface area (Å²) in [6, 6.07) is 6.35. The van der Waals surface area contributed by atoms with Crippen LogP contribution in [0.3, 0.4) is 0 Å². The Labute approximate surface area is 93.5 Å². The van der Waals surface area contributed by atoms with E-state index in [1.54, 1.807) is 30.0 Å². The predicted molar refractivity (Wildman–Crippen MR) is 60.9 cm³/mol. The smallest absolute Gasteiger partial charge is 0.165 e. The molecule has 0 radical (unpaired) electrons. The summed E-state index contributed by atoms with van der Waals surface area (Å²) >= 11 is 1.60. The average Bonchev–Trinajstić information content (AvgIpc) is 2.26. The second-order valence-electron chi connectivity index (χ2n) is 3.14. The second kappa shape index (κ2) is 6.69. The maximum absolute atomic E-state index is 13.1. The van der Waals surface area contributed by atoms with Crippen molar-refractivity contribution in [3.8, 4) is 5.75 Å². The van der Waals surface area contributed by atoms with Gasteiger partial charge in [0.2, 0.25) is 0 Å². The van der Waals surface area contributed by atoms with Crippen molar-refractivity contribution in [2.45, 2.75) is 12.2 Å². The van der Waals surface area contributed by atoms with Crippen molar-refractivity contribution in [3.63, 3.8) is 0 Å². The molecule has 2 nitrogen and oxygen atoms in total. The minimum Gasteiger partial charge on any atom is -0.490 e. The summed E-state index contributed by atoms with van der Waals surface area (Å²) in [5.74, 6) is 0.697. The fourth-order valence-corrected chi connectivity index (χ4v) is 1.70. The lowest BCUT2D eigenvalue weighted by molar-refractivity contribution is 0.299. The fraction of sp³-hybridized carbons (Fsp3) is 0.455. The molecule has 0 heterocycles. The Morgan fingerprint density at radius 2 is 2.20 bits per heavy atom. The van der Waals surface area contributed by atoms with Crippen molar-refractivity contribution in [2.24, 2.45) is 0 Å². The van der Waals surface area contributed by atoms with E-state index in [0.29, 0.717) is 6.61 Å². The predicted octanol–water partition coefficient (Wildman–Crippen LogP) is 2.32. The van der Waals surface area contributed by atoms with Gasteiger partial charge in [0.15, 0.2) is 11.6 Å². The van der Waals surface area contributed by atoms with Crippen LogP contribution in [0.1, 0.15) is 6.92 Å². The summed E-state index contributed by atoms with van der Waals surface area (Å²) in [6.45, 7) is 2.55. The zero-order chi connectivity index (χ0) is 11.1. The molecule has 1 N–H and O–H groups in total. The molecule has 1 aromatic rings. The third-order valence-corrected chi connectivity index (χ3v) is 2.96. The van der Waals surface area contributed by atoms with Crippen LogP contribution in [0, 0.1) is 5.82 Å². The van der Waals surface area contributed by atoms with Crippen molar-refractivity contribution in [1.82, 2.24) is 0 Å². The number of aliphatic hydroxyl groups excluding tert-OH is 1. The summed E-state index contributed by atoms with van der Waals surface area (Å²) in [5, 5.41) is 8.98. The summed E-state index contributed by atoms with van der Waals surface area (Å²) in [7, 11) is 0. The zero-order valence-electron chi connectivity index (χ0n) is 8.65. The molecule has 1 atom stereocenters. The molecule has 0 aliphatic carbocycles. The molecule has 0 aliphatic rings. The Morgan fingerprint density at radius 1 is 1.47 bits per heavy atom. The Balaban J connectivity index is 2.23. The molecule has 0 fully saturated rings. The Morgan fingerprint density at radius 3 is 2.87 bits per heavy atom. The lowest BCUT2D eigenvalue weighted by Gasteiger charge is -2.09. The Hall–Kier alpha value is -0.740. The first-order chi connectivity index (χ1) is 7.24. The molecule has 0 aromatic heterocycles. The number of benzene rings is 1. The topological polar surface area (TPSA) is 29.5 Å². The second-order valence-corrected chi connectivity index (χ2v) is 4.69. The molecule has 0 aliphatic heterocycles. The summed E-state index contributed by atoms with van der Waals surface area (Å²) in [6.07, 6.45) is 0. The molecule has 0 amide bonds. The van der Waals surface area contributed by atoms with E-state index in [-0.39, 0.29) is 23.4 Å². The van der Waals surface area contributed by atoms with E-state index in [0.717, 1.165) is 5.75 Å². The van der Waals surface area contributed by atoms with E-state index >= 15 is 0 Å². The maximum atomic E-state index is 13.1. The van der Waals surface area contributed by atoms with Gasteiger partial charge in [-0.1, -0.05) is 19.1 Å². The SMILES string of the molecule is CC(CO)SCCOc1ccccc1F. The van der Waals surface area contributed by atoms with Gasteiger partial charge in [0.05, 0.1) is 13.2 Å². The summed E-state index contributed by atoms with van der Waals surface area (Å²) < 4.78 is 18.3. The van der Waals surface area contributed by atoms with E-state index in [9.17, 15) is 4.39 Å². The van der Waals surface area contributed by atoms with E-state index < -0.39 is 0 Å². The number of thioether (sulfide) groups is 1. The molecule has 1 rings (SSSR count). The quantitative estimate of drug-likeness (QED) is 0.760. The van der Waals surface area contributed by atoms with Gasteiger partial charge >= 0.3 is 0 Å². The van der Waals surface area contributed by atoms with Crippen LogP contribution in [-0.4, -0.2) is 29.3 Å². The molecule has 1 unspecified atom stereocenters. The minimum absolute atomic E-state index is 0.157. The van der Waals surface area contributed by atoms with Crippen LogP contribution in [0.25, 0.3) is 0 Å². The zero-order valence-corrected chi connectivity index (χ0v) is 9.47. The minimum atomic E-state index is -0.335. The maximum Gasteiger partial charge on any atom is 0.165 e. The molecule has 0 saturated heterocycles. The highest BCUT2D eigenvalue weighted by Crippen LogP contribution is 2.16. The monoisotopic (exact) mass is 230 g/mol. The molecular weight excluding hydrogens is 215 g/mol. The van der Waals surface area contributed by atoms with Crippen LogP contribution in [0.5, 0.6) is 5.75 Å². The highest BCUT2D eigenvalue weighted by atomic mass is 32.2. The normalized spacial score (nSPS) is 12.5. The van der Waals surface area contributed by atoms with Crippen molar-refractivity contribution in [1.29, 1.82) is 0 Å². The van der Waals surface area contributed by atoms with Crippen LogP contribution < -0.4 is 4.74 Å². The molecule has 84 valence electrons. The van der Waals surface area contributed by atoms with Crippen LogP contribution >= 0.6 is 11.8 Å². The van der Waals surface area contributed by atoms with E-state index in [1.165, 1.54) is 6.07 Å². The number of ether oxygens (including phenoxy) is 1. The largest absolute Gasteiger partial charge is 0.490 e. The molecule has 15 heavy (non-hydrogen) atoms. The van der Waals surface area contributed by atoms with Crippen molar-refractivity contribution >= 4 is 11.8 Å². The molecule has 1 aromatic carbocycles. The van der Waals surface area contributed by atoms with Gasteiger partial charge in [-0.2, -0.15) is 11.8 Å². The van der Waals surface area contributed by atoms with Gasteiger partial charge in [-0.3, -0.25) is 0 Å². The molecule has 0 bridgehead atoms. The van der Waals surface area contributed by atoms with Crippen LogP contribution in [0.15, 0.2) is 24.3 Å².